The van der Waals surface area contributed by atoms with Crippen LogP contribution in [0.25, 0.3) is 0 Å². The number of unbranched alkanes of at least 4 members (excludes halogenated alkanes) is 9. The van der Waals surface area contributed by atoms with Gasteiger partial charge in [-0.1, -0.05) is 71.6 Å². The predicted octanol–water partition coefficient (Wildman–Crippen LogP) is 5.74. The van der Waals surface area contributed by atoms with Gasteiger partial charge >= 0.3 is 0 Å². The van der Waals surface area contributed by atoms with Crippen LogP contribution in [-0.4, -0.2) is 25.9 Å². The summed E-state index contributed by atoms with van der Waals surface area (Å²) in [4.78, 5) is 0. The fourth-order valence-corrected chi connectivity index (χ4v) is 2.31. The molecule has 0 aromatic carbocycles. The lowest BCUT2D eigenvalue weighted by molar-refractivity contribution is -0.00715. The molecule has 0 rings (SSSR count). The number of hydrogen-bond acceptors (Lipinski definition) is 2. The summed E-state index contributed by atoms with van der Waals surface area (Å²) in [5, 5.41) is 0. The van der Waals surface area contributed by atoms with Crippen LogP contribution in [0.1, 0.15) is 91.4 Å². The molecule has 1 atom stereocenters. The van der Waals surface area contributed by atoms with Crippen LogP contribution >= 0.6 is 0 Å². The van der Waals surface area contributed by atoms with E-state index >= 15 is 0 Å². The van der Waals surface area contributed by atoms with E-state index in [2.05, 4.69) is 20.8 Å². The Bertz CT molecular complexity index is 171. The van der Waals surface area contributed by atoms with E-state index < -0.39 is 0 Å². The summed E-state index contributed by atoms with van der Waals surface area (Å²) in [5.41, 5.74) is 0. The molecule has 0 fully saturated rings. The average molecular weight is 286 g/mol. The lowest BCUT2D eigenvalue weighted by Gasteiger charge is -2.12. The van der Waals surface area contributed by atoms with Crippen molar-refractivity contribution in [2.75, 3.05) is 19.8 Å². The van der Waals surface area contributed by atoms with Gasteiger partial charge in [-0.3, -0.25) is 0 Å². The summed E-state index contributed by atoms with van der Waals surface area (Å²) < 4.78 is 11.2. The molecule has 0 saturated heterocycles. The first-order valence-electron chi connectivity index (χ1n) is 9.00. The van der Waals surface area contributed by atoms with Crippen molar-refractivity contribution in [2.24, 2.45) is 0 Å². The standard InChI is InChI=1S/C18H38O2/c1-4-6-7-8-9-10-11-12-13-14-16-19-17-18(3)20-15-5-2/h18H,4-17H2,1-3H3. The molecular formula is C18H38O2. The van der Waals surface area contributed by atoms with Gasteiger partial charge in [0.05, 0.1) is 12.7 Å². The monoisotopic (exact) mass is 286 g/mol. The minimum Gasteiger partial charge on any atom is -0.379 e. The molecule has 0 aliphatic rings. The molecule has 0 saturated carbocycles. The molecule has 0 aromatic heterocycles. The SMILES string of the molecule is CCCCCCCCCCCCOCC(C)OCCC. The minimum absolute atomic E-state index is 0.248. The molecule has 122 valence electrons. The average Bonchev–Trinajstić information content (AvgIpc) is 2.46. The summed E-state index contributed by atoms with van der Waals surface area (Å²) in [6, 6.07) is 0. The quantitative estimate of drug-likeness (QED) is 0.337. The maximum absolute atomic E-state index is 5.64. The van der Waals surface area contributed by atoms with Crippen LogP contribution in [0.15, 0.2) is 0 Å². The summed E-state index contributed by atoms with van der Waals surface area (Å²) >= 11 is 0. The van der Waals surface area contributed by atoms with Crippen molar-refractivity contribution in [3.8, 4) is 0 Å². The van der Waals surface area contributed by atoms with E-state index in [9.17, 15) is 0 Å². The number of hydrogen-bond donors (Lipinski definition) is 0. The van der Waals surface area contributed by atoms with Crippen molar-refractivity contribution < 1.29 is 9.47 Å². The van der Waals surface area contributed by atoms with E-state index in [4.69, 9.17) is 9.47 Å². The van der Waals surface area contributed by atoms with E-state index in [-0.39, 0.29) is 6.10 Å². The Hall–Kier alpha value is -0.0800. The molecule has 0 aliphatic heterocycles. The van der Waals surface area contributed by atoms with Gasteiger partial charge in [-0.2, -0.15) is 0 Å². The summed E-state index contributed by atoms with van der Waals surface area (Å²) in [6.07, 6.45) is 15.1. The van der Waals surface area contributed by atoms with Gasteiger partial charge in [0.15, 0.2) is 0 Å². The topological polar surface area (TPSA) is 18.5 Å². The normalized spacial score (nSPS) is 12.8. The smallest absolute Gasteiger partial charge is 0.0780 e. The Morgan fingerprint density at radius 3 is 1.75 bits per heavy atom. The van der Waals surface area contributed by atoms with Crippen molar-refractivity contribution >= 4 is 0 Å². The van der Waals surface area contributed by atoms with Crippen LogP contribution in [0.2, 0.25) is 0 Å². The van der Waals surface area contributed by atoms with E-state index in [1.165, 1.54) is 64.2 Å². The van der Waals surface area contributed by atoms with Gasteiger partial charge in [-0.15, -0.1) is 0 Å². The molecule has 0 aromatic rings. The summed E-state index contributed by atoms with van der Waals surface area (Å²) in [7, 11) is 0. The lowest BCUT2D eigenvalue weighted by atomic mass is 10.1. The first-order chi connectivity index (χ1) is 9.81. The molecule has 0 N–H and O–H groups in total. The van der Waals surface area contributed by atoms with Crippen molar-refractivity contribution in [1.29, 1.82) is 0 Å². The Labute approximate surface area is 127 Å². The van der Waals surface area contributed by atoms with E-state index in [0.29, 0.717) is 0 Å². The van der Waals surface area contributed by atoms with Gasteiger partial charge in [0.1, 0.15) is 0 Å². The maximum Gasteiger partial charge on any atom is 0.0780 e. The Kier molecular flexibility index (Phi) is 16.9. The largest absolute Gasteiger partial charge is 0.379 e. The third kappa shape index (κ3) is 16.0. The second-order valence-corrected chi connectivity index (χ2v) is 5.94. The molecule has 2 heteroatoms. The van der Waals surface area contributed by atoms with Crippen LogP contribution in [0.3, 0.4) is 0 Å². The Morgan fingerprint density at radius 2 is 1.20 bits per heavy atom. The Balaban J connectivity index is 3.02. The first-order valence-corrected chi connectivity index (χ1v) is 9.00. The zero-order valence-electron chi connectivity index (χ0n) is 14.3. The van der Waals surface area contributed by atoms with Crippen LogP contribution in [0, 0.1) is 0 Å². The minimum atomic E-state index is 0.248. The highest BCUT2D eigenvalue weighted by molar-refractivity contribution is 4.49. The van der Waals surface area contributed by atoms with Crippen molar-refractivity contribution in [1.82, 2.24) is 0 Å². The molecule has 0 radical (unpaired) electrons. The third-order valence-electron chi connectivity index (χ3n) is 3.60. The highest BCUT2D eigenvalue weighted by Crippen LogP contribution is 2.10. The highest BCUT2D eigenvalue weighted by Gasteiger charge is 2.00. The Morgan fingerprint density at radius 1 is 0.650 bits per heavy atom. The molecular weight excluding hydrogens is 248 g/mol. The second-order valence-electron chi connectivity index (χ2n) is 5.94. The van der Waals surface area contributed by atoms with Crippen molar-refractivity contribution in [3.63, 3.8) is 0 Å². The molecule has 0 spiro atoms. The number of ether oxygens (including phenoxy) is 2. The van der Waals surface area contributed by atoms with E-state index in [0.717, 1.165) is 26.2 Å². The van der Waals surface area contributed by atoms with Gasteiger partial charge in [0.25, 0.3) is 0 Å². The summed E-state index contributed by atoms with van der Waals surface area (Å²) in [5.74, 6) is 0. The first kappa shape index (κ1) is 19.9. The maximum atomic E-state index is 5.64. The van der Waals surface area contributed by atoms with Gasteiger partial charge in [-0.25, -0.2) is 0 Å². The molecule has 0 heterocycles. The fraction of sp³-hybridized carbons (Fsp3) is 1.00. The fourth-order valence-electron chi connectivity index (χ4n) is 2.31. The second kappa shape index (κ2) is 17.0. The zero-order valence-corrected chi connectivity index (χ0v) is 14.3. The van der Waals surface area contributed by atoms with Crippen molar-refractivity contribution in [3.05, 3.63) is 0 Å². The highest BCUT2D eigenvalue weighted by atomic mass is 16.5. The van der Waals surface area contributed by atoms with Gasteiger partial charge in [-0.05, 0) is 19.8 Å². The van der Waals surface area contributed by atoms with Crippen LogP contribution in [0.5, 0.6) is 0 Å². The van der Waals surface area contributed by atoms with Crippen LogP contribution < -0.4 is 0 Å². The molecule has 0 bridgehead atoms. The van der Waals surface area contributed by atoms with Gasteiger partial charge in [0, 0.05) is 13.2 Å². The number of rotatable bonds is 16. The molecule has 2 nitrogen and oxygen atoms in total. The molecule has 20 heavy (non-hydrogen) atoms. The van der Waals surface area contributed by atoms with Crippen LogP contribution in [-0.2, 0) is 9.47 Å². The third-order valence-corrected chi connectivity index (χ3v) is 3.60. The lowest BCUT2D eigenvalue weighted by Crippen LogP contribution is -2.16. The van der Waals surface area contributed by atoms with Crippen molar-refractivity contribution in [2.45, 2.75) is 97.5 Å². The predicted molar refractivity (Wildman–Crippen MR) is 88.4 cm³/mol. The zero-order chi connectivity index (χ0) is 14.9. The van der Waals surface area contributed by atoms with E-state index in [1.54, 1.807) is 0 Å². The molecule has 1 unspecified atom stereocenters. The molecule has 0 aliphatic carbocycles. The van der Waals surface area contributed by atoms with Gasteiger partial charge in [0.2, 0.25) is 0 Å². The summed E-state index contributed by atoms with van der Waals surface area (Å²) in [6.45, 7) is 9.00. The van der Waals surface area contributed by atoms with Crippen LogP contribution in [0.4, 0.5) is 0 Å². The van der Waals surface area contributed by atoms with Gasteiger partial charge < -0.3 is 9.47 Å². The van der Waals surface area contributed by atoms with E-state index in [1.807, 2.05) is 0 Å². The molecule has 0 amide bonds.